The third-order valence-corrected chi connectivity index (χ3v) is 3.95. The van der Waals surface area contributed by atoms with Gasteiger partial charge >= 0.3 is 6.18 Å². The molecule has 0 saturated carbocycles. The van der Waals surface area contributed by atoms with Gasteiger partial charge in [-0.2, -0.15) is 18.2 Å². The summed E-state index contributed by atoms with van der Waals surface area (Å²) in [7, 11) is 1.27. The highest BCUT2D eigenvalue weighted by Gasteiger charge is 2.38. The van der Waals surface area contributed by atoms with E-state index in [0.717, 1.165) is 16.3 Å². The number of halogens is 3. The Balaban J connectivity index is 2.18. The predicted octanol–water partition coefficient (Wildman–Crippen LogP) is 3.37. The fraction of sp³-hybridized carbons (Fsp3) is 0.667. The summed E-state index contributed by atoms with van der Waals surface area (Å²) in [6.07, 6.45) is -4.53. The van der Waals surface area contributed by atoms with Gasteiger partial charge in [0.2, 0.25) is 11.7 Å². The van der Waals surface area contributed by atoms with Crippen LogP contribution in [0.1, 0.15) is 50.5 Å². The Morgan fingerprint density at radius 3 is 2.27 bits per heavy atom. The Morgan fingerprint density at radius 2 is 1.82 bits per heavy atom. The van der Waals surface area contributed by atoms with E-state index in [9.17, 15) is 13.2 Å². The van der Waals surface area contributed by atoms with Gasteiger partial charge < -0.3 is 9.09 Å². The van der Waals surface area contributed by atoms with Gasteiger partial charge in [-0.1, -0.05) is 37.7 Å². The van der Waals surface area contributed by atoms with Crippen molar-refractivity contribution in [2.75, 3.05) is 0 Å². The van der Waals surface area contributed by atoms with Gasteiger partial charge in [-0.3, -0.25) is 0 Å². The van der Waals surface area contributed by atoms with E-state index < -0.39 is 12.0 Å². The van der Waals surface area contributed by atoms with Crippen LogP contribution in [0.3, 0.4) is 0 Å². The molecule has 2 aromatic rings. The zero-order valence-electron chi connectivity index (χ0n) is 12.8. The van der Waals surface area contributed by atoms with Gasteiger partial charge in [-0.05, 0) is 6.92 Å². The Morgan fingerprint density at radius 1 is 1.18 bits per heavy atom. The molecule has 0 spiro atoms. The summed E-state index contributed by atoms with van der Waals surface area (Å²) in [5, 5.41) is 10.4. The maximum atomic E-state index is 12.7. The second-order valence-electron chi connectivity index (χ2n) is 5.83. The normalized spacial score (nSPS) is 14.4. The standard InChI is InChI=1S/C12H16F3N5OS/c1-6(7-16-8(19-21-7)11(2,3)4)22-10-18-17-9(20(10)5)12(13,14)15/h6H,1-5H3/t6-/m1/s1. The molecule has 0 aliphatic heterocycles. The van der Waals surface area contributed by atoms with E-state index in [0.29, 0.717) is 11.7 Å². The molecular weight excluding hydrogens is 319 g/mol. The summed E-state index contributed by atoms with van der Waals surface area (Å²) in [5.41, 5.74) is -0.264. The molecule has 0 aliphatic rings. The van der Waals surface area contributed by atoms with Crippen LogP contribution in [0.25, 0.3) is 0 Å². The molecule has 0 fully saturated rings. The Bertz CT molecular complexity index is 659. The number of alkyl halides is 3. The van der Waals surface area contributed by atoms with E-state index in [1.807, 2.05) is 20.8 Å². The molecule has 0 amide bonds. The molecule has 122 valence electrons. The highest BCUT2D eigenvalue weighted by atomic mass is 32.2. The number of hydrogen-bond donors (Lipinski definition) is 0. The van der Waals surface area contributed by atoms with Crippen molar-refractivity contribution in [2.45, 2.75) is 49.7 Å². The average molecular weight is 335 g/mol. The second kappa shape index (κ2) is 5.56. The first kappa shape index (κ1) is 16.8. The molecule has 22 heavy (non-hydrogen) atoms. The lowest BCUT2D eigenvalue weighted by Crippen LogP contribution is -2.13. The predicted molar refractivity (Wildman–Crippen MR) is 73.3 cm³/mol. The lowest BCUT2D eigenvalue weighted by molar-refractivity contribution is -0.147. The van der Waals surface area contributed by atoms with Gasteiger partial charge in [0.15, 0.2) is 11.0 Å². The Hall–Kier alpha value is -1.58. The van der Waals surface area contributed by atoms with Crippen LogP contribution in [0.2, 0.25) is 0 Å². The summed E-state index contributed by atoms with van der Waals surface area (Å²) in [6, 6.07) is 0. The fourth-order valence-electron chi connectivity index (χ4n) is 1.58. The second-order valence-corrected chi connectivity index (χ2v) is 7.14. The maximum absolute atomic E-state index is 12.7. The van der Waals surface area contributed by atoms with Gasteiger partial charge in [-0.15, -0.1) is 10.2 Å². The number of hydrogen-bond acceptors (Lipinski definition) is 6. The summed E-state index contributed by atoms with van der Waals surface area (Å²) >= 11 is 1.08. The van der Waals surface area contributed by atoms with Crippen LogP contribution >= 0.6 is 11.8 Å². The van der Waals surface area contributed by atoms with Crippen LogP contribution in [0.4, 0.5) is 13.2 Å². The number of aromatic nitrogens is 5. The van der Waals surface area contributed by atoms with E-state index in [1.54, 1.807) is 6.92 Å². The van der Waals surface area contributed by atoms with Crippen molar-refractivity contribution in [3.63, 3.8) is 0 Å². The van der Waals surface area contributed by atoms with Gasteiger partial charge in [0.1, 0.15) is 0 Å². The molecule has 6 nitrogen and oxygen atoms in total. The third-order valence-electron chi connectivity index (χ3n) is 2.83. The summed E-state index contributed by atoms with van der Waals surface area (Å²) in [5.74, 6) is -0.154. The summed E-state index contributed by atoms with van der Waals surface area (Å²) < 4.78 is 44.1. The molecule has 0 bridgehead atoms. The Labute approximate surface area is 129 Å². The van der Waals surface area contributed by atoms with Gasteiger partial charge in [-0.25, -0.2) is 0 Å². The minimum absolute atomic E-state index is 0.135. The highest BCUT2D eigenvalue weighted by Crippen LogP contribution is 2.36. The molecule has 2 rings (SSSR count). The zero-order chi connectivity index (χ0) is 16.7. The van der Waals surface area contributed by atoms with Crippen LogP contribution in [-0.4, -0.2) is 24.9 Å². The SMILES string of the molecule is C[C@@H](Sc1nnc(C(F)(F)F)n1C)c1nc(C(C)(C)C)no1. The number of rotatable bonds is 3. The van der Waals surface area contributed by atoms with Gasteiger partial charge in [0, 0.05) is 12.5 Å². The van der Waals surface area contributed by atoms with E-state index >= 15 is 0 Å². The van der Waals surface area contributed by atoms with Crippen LogP contribution in [0.5, 0.6) is 0 Å². The molecule has 1 atom stereocenters. The molecule has 0 N–H and O–H groups in total. The minimum Gasteiger partial charge on any atom is -0.338 e. The topological polar surface area (TPSA) is 69.6 Å². The van der Waals surface area contributed by atoms with Crippen molar-refractivity contribution >= 4 is 11.8 Å². The minimum atomic E-state index is -4.53. The van der Waals surface area contributed by atoms with E-state index in [2.05, 4.69) is 20.3 Å². The first-order valence-electron chi connectivity index (χ1n) is 6.47. The van der Waals surface area contributed by atoms with Crippen LogP contribution < -0.4 is 0 Å². The fourth-order valence-corrected chi connectivity index (χ4v) is 2.42. The summed E-state index contributed by atoms with van der Waals surface area (Å²) in [4.78, 5) is 4.28. The molecule has 0 aliphatic carbocycles. The van der Waals surface area contributed by atoms with Crippen molar-refractivity contribution in [3.8, 4) is 0 Å². The Kier molecular flexibility index (Phi) is 4.24. The molecular formula is C12H16F3N5OS. The molecule has 0 unspecified atom stereocenters. The molecule has 2 heterocycles. The van der Waals surface area contributed by atoms with Crippen LogP contribution in [0, 0.1) is 0 Å². The van der Waals surface area contributed by atoms with E-state index in [1.165, 1.54) is 7.05 Å². The van der Waals surface area contributed by atoms with Crippen LogP contribution in [-0.2, 0) is 18.6 Å². The van der Waals surface area contributed by atoms with Crippen molar-refractivity contribution in [2.24, 2.45) is 7.05 Å². The first-order chi connectivity index (χ1) is 10.00. The monoisotopic (exact) mass is 335 g/mol. The molecule has 0 saturated heterocycles. The largest absolute Gasteiger partial charge is 0.451 e. The maximum Gasteiger partial charge on any atom is 0.451 e. The molecule has 10 heteroatoms. The zero-order valence-corrected chi connectivity index (χ0v) is 13.6. The number of nitrogens with zero attached hydrogens (tertiary/aromatic N) is 5. The van der Waals surface area contributed by atoms with Crippen molar-refractivity contribution in [3.05, 3.63) is 17.5 Å². The summed E-state index contributed by atoms with van der Waals surface area (Å²) in [6.45, 7) is 7.58. The smallest absolute Gasteiger partial charge is 0.338 e. The molecule has 2 aromatic heterocycles. The molecule has 0 radical (unpaired) electrons. The van der Waals surface area contributed by atoms with Crippen LogP contribution in [0.15, 0.2) is 9.68 Å². The van der Waals surface area contributed by atoms with Gasteiger partial charge in [0.05, 0.1) is 5.25 Å². The lowest BCUT2D eigenvalue weighted by atomic mass is 9.96. The molecule has 0 aromatic carbocycles. The van der Waals surface area contributed by atoms with Crippen molar-refractivity contribution < 1.29 is 17.7 Å². The quantitative estimate of drug-likeness (QED) is 0.801. The van der Waals surface area contributed by atoms with Gasteiger partial charge in [0.25, 0.3) is 0 Å². The lowest BCUT2D eigenvalue weighted by Gasteiger charge is -2.11. The third kappa shape index (κ3) is 3.42. The number of thioether (sulfide) groups is 1. The van der Waals surface area contributed by atoms with Crippen molar-refractivity contribution in [1.29, 1.82) is 0 Å². The highest BCUT2D eigenvalue weighted by molar-refractivity contribution is 7.99. The first-order valence-corrected chi connectivity index (χ1v) is 7.35. The van der Waals surface area contributed by atoms with Crippen molar-refractivity contribution in [1.82, 2.24) is 24.9 Å². The van der Waals surface area contributed by atoms with E-state index in [4.69, 9.17) is 4.52 Å². The van der Waals surface area contributed by atoms with E-state index in [-0.39, 0.29) is 15.8 Å². The average Bonchev–Trinajstić information content (AvgIpc) is 2.95.